The molecule has 0 amide bonds. The van der Waals surface area contributed by atoms with Gasteiger partial charge in [0, 0.05) is 13.1 Å². The molecule has 0 aliphatic carbocycles. The highest BCUT2D eigenvalue weighted by Gasteiger charge is 2.39. The molecule has 158 valence electrons. The lowest BCUT2D eigenvalue weighted by molar-refractivity contribution is -0.137. The maximum Gasteiger partial charge on any atom is 0.416 e. The average Bonchev–Trinajstić information content (AvgIpc) is 2.59. The van der Waals surface area contributed by atoms with Crippen molar-refractivity contribution < 1.29 is 39.5 Å². The van der Waals surface area contributed by atoms with E-state index in [1.807, 2.05) is 0 Å². The maximum atomic E-state index is 12.6. The topological polar surface area (TPSA) is 46.6 Å². The van der Waals surface area contributed by atoms with Gasteiger partial charge in [0.1, 0.15) is 11.5 Å². The van der Waals surface area contributed by atoms with Crippen molar-refractivity contribution in [1.29, 1.82) is 0 Å². The summed E-state index contributed by atoms with van der Waals surface area (Å²) in [6.45, 7) is -0.288. The first kappa shape index (κ1) is 21.4. The van der Waals surface area contributed by atoms with Crippen LogP contribution in [0.25, 0.3) is 0 Å². The van der Waals surface area contributed by atoms with E-state index in [-0.39, 0.29) is 25.3 Å². The molecule has 2 aromatic carbocycles. The van der Waals surface area contributed by atoms with Crippen LogP contribution >= 0.6 is 0 Å². The number of fused-ring (bicyclic) bond motifs is 1. The molecule has 2 aromatic rings. The quantitative estimate of drug-likeness (QED) is 0.647. The zero-order valence-corrected chi connectivity index (χ0v) is 15.5. The molecule has 1 heterocycles. The van der Waals surface area contributed by atoms with Crippen molar-refractivity contribution in [3.8, 4) is 11.5 Å². The normalized spacial score (nSPS) is 15.8. The molecule has 1 aliphatic heterocycles. The predicted molar refractivity (Wildman–Crippen MR) is 91.9 cm³/mol. The summed E-state index contributed by atoms with van der Waals surface area (Å²) in [5, 5.41) is 0. The number of sulfonamides is 1. The van der Waals surface area contributed by atoms with Gasteiger partial charge in [-0.2, -0.15) is 30.6 Å². The number of benzene rings is 2. The molecule has 0 saturated heterocycles. The summed E-state index contributed by atoms with van der Waals surface area (Å²) < 4.78 is 105. The lowest BCUT2D eigenvalue weighted by Gasteiger charge is -2.28. The third-order valence-corrected chi connectivity index (χ3v) is 6.10. The Hall–Kier alpha value is -2.27. The summed E-state index contributed by atoms with van der Waals surface area (Å²) in [5.41, 5.74) is 0.435. The minimum Gasteiger partial charge on any atom is -0.457 e. The molecule has 0 fully saturated rings. The summed E-state index contributed by atoms with van der Waals surface area (Å²) in [4.78, 5) is 0. The van der Waals surface area contributed by atoms with Gasteiger partial charge in [-0.05, 0) is 53.9 Å². The van der Waals surface area contributed by atoms with Crippen LogP contribution in [0.2, 0.25) is 0 Å². The Labute approximate surface area is 162 Å². The highest BCUT2D eigenvalue weighted by atomic mass is 32.2. The molecule has 0 radical (unpaired) electrons. The van der Waals surface area contributed by atoms with E-state index in [9.17, 15) is 34.8 Å². The van der Waals surface area contributed by atoms with Crippen LogP contribution in [0, 0.1) is 0 Å². The Kier molecular flexibility index (Phi) is 5.56. The molecule has 3 rings (SSSR count). The second-order valence-corrected chi connectivity index (χ2v) is 8.48. The van der Waals surface area contributed by atoms with Crippen LogP contribution in [0.4, 0.5) is 26.3 Å². The Bertz CT molecular complexity index is 984. The molecule has 29 heavy (non-hydrogen) atoms. The maximum absolute atomic E-state index is 12.6. The summed E-state index contributed by atoms with van der Waals surface area (Å²) in [7, 11) is -4.47. The van der Waals surface area contributed by atoms with Crippen molar-refractivity contribution in [3.05, 3.63) is 59.2 Å². The minimum atomic E-state index is -4.82. The molecule has 0 N–H and O–H groups in total. The zero-order chi connectivity index (χ0) is 21.4. The number of halogens is 6. The van der Waals surface area contributed by atoms with E-state index in [0.717, 1.165) is 16.4 Å². The molecule has 0 bridgehead atoms. The number of rotatable bonds is 4. The van der Waals surface area contributed by atoms with Gasteiger partial charge < -0.3 is 4.74 Å². The summed E-state index contributed by atoms with van der Waals surface area (Å²) >= 11 is 0. The monoisotopic (exact) mass is 439 g/mol. The van der Waals surface area contributed by atoms with Crippen molar-refractivity contribution in [3.63, 3.8) is 0 Å². The van der Waals surface area contributed by atoms with E-state index < -0.39 is 33.7 Å². The Balaban J connectivity index is 1.72. The smallest absolute Gasteiger partial charge is 0.416 e. The fourth-order valence-corrected chi connectivity index (χ4v) is 4.25. The van der Waals surface area contributed by atoms with Crippen LogP contribution in [-0.2, 0) is 29.2 Å². The van der Waals surface area contributed by atoms with Gasteiger partial charge in [-0.3, -0.25) is 0 Å². The van der Waals surface area contributed by atoms with E-state index >= 15 is 0 Å². The van der Waals surface area contributed by atoms with Crippen molar-refractivity contribution in [2.75, 3.05) is 12.3 Å². The van der Waals surface area contributed by atoms with Crippen LogP contribution in [0.3, 0.4) is 0 Å². The largest absolute Gasteiger partial charge is 0.457 e. The lowest BCUT2D eigenvalue weighted by atomic mass is 10.0. The van der Waals surface area contributed by atoms with Gasteiger partial charge in [-0.15, -0.1) is 0 Å². The van der Waals surface area contributed by atoms with E-state index in [4.69, 9.17) is 4.74 Å². The summed E-state index contributed by atoms with van der Waals surface area (Å²) in [6.07, 6.45) is -9.09. The van der Waals surface area contributed by atoms with Crippen molar-refractivity contribution >= 4 is 10.0 Å². The molecular weight excluding hydrogens is 424 g/mol. The number of ether oxygens (including phenoxy) is 1. The van der Waals surface area contributed by atoms with Crippen molar-refractivity contribution in [2.45, 2.75) is 25.3 Å². The van der Waals surface area contributed by atoms with Gasteiger partial charge in [0.15, 0.2) is 5.75 Å². The van der Waals surface area contributed by atoms with Gasteiger partial charge in [0.05, 0.1) is 5.56 Å². The number of nitrogens with zero attached hydrogens (tertiary/aromatic N) is 1. The molecule has 0 spiro atoms. The molecule has 0 unspecified atom stereocenters. The molecule has 4 nitrogen and oxygen atoms in total. The molecule has 1 aliphatic rings. The first-order valence-electron chi connectivity index (χ1n) is 8.35. The zero-order valence-electron chi connectivity index (χ0n) is 14.7. The number of hydrogen-bond donors (Lipinski definition) is 0. The fourth-order valence-electron chi connectivity index (χ4n) is 2.95. The summed E-state index contributed by atoms with van der Waals surface area (Å²) in [5.74, 6) is -1.40. The van der Waals surface area contributed by atoms with E-state index in [2.05, 4.69) is 0 Å². The van der Waals surface area contributed by atoms with Crippen LogP contribution in [0.5, 0.6) is 11.5 Å². The van der Waals surface area contributed by atoms with Gasteiger partial charge in [0.2, 0.25) is 10.0 Å². The summed E-state index contributed by atoms with van der Waals surface area (Å²) in [6, 6.07) is 8.73. The Morgan fingerprint density at radius 3 is 2.10 bits per heavy atom. The van der Waals surface area contributed by atoms with Crippen LogP contribution in [0.1, 0.15) is 16.7 Å². The first-order valence-corrected chi connectivity index (χ1v) is 9.96. The van der Waals surface area contributed by atoms with Crippen molar-refractivity contribution in [2.24, 2.45) is 0 Å². The standard InChI is InChI=1S/C18H15F6NO3S/c19-17(20,21)11-29(26,27)25-8-7-12-9-16(4-1-13(12)10-25)28-15-5-2-14(3-6-15)18(22,23)24/h1-6,9H,7-8,10-11H2. The van der Waals surface area contributed by atoms with Crippen LogP contribution < -0.4 is 4.74 Å². The second-order valence-electron chi connectivity index (χ2n) is 6.51. The van der Waals surface area contributed by atoms with Gasteiger partial charge in [-0.25, -0.2) is 8.42 Å². The predicted octanol–water partition coefficient (Wildman–Crippen LogP) is 4.75. The molecular formula is C18H15F6NO3S. The van der Waals surface area contributed by atoms with E-state index in [1.54, 1.807) is 6.07 Å². The van der Waals surface area contributed by atoms with E-state index in [1.165, 1.54) is 24.3 Å². The van der Waals surface area contributed by atoms with Gasteiger partial charge >= 0.3 is 12.4 Å². The molecule has 0 atom stereocenters. The SMILES string of the molecule is O=S(=O)(CC(F)(F)F)N1CCc2cc(Oc3ccc(C(F)(F)F)cc3)ccc2C1. The Morgan fingerprint density at radius 1 is 0.897 bits per heavy atom. The van der Waals surface area contributed by atoms with Gasteiger partial charge in [0.25, 0.3) is 0 Å². The van der Waals surface area contributed by atoms with Crippen LogP contribution in [0.15, 0.2) is 42.5 Å². The molecule has 0 aromatic heterocycles. The highest BCUT2D eigenvalue weighted by molar-refractivity contribution is 7.89. The second kappa shape index (κ2) is 7.52. The van der Waals surface area contributed by atoms with Crippen LogP contribution in [-0.4, -0.2) is 31.2 Å². The first-order chi connectivity index (χ1) is 13.3. The third-order valence-electron chi connectivity index (χ3n) is 4.31. The fraction of sp³-hybridized carbons (Fsp3) is 0.333. The number of hydrogen-bond acceptors (Lipinski definition) is 3. The Morgan fingerprint density at radius 2 is 1.52 bits per heavy atom. The molecule has 0 saturated carbocycles. The minimum absolute atomic E-state index is 0.102. The lowest BCUT2D eigenvalue weighted by Crippen LogP contribution is -2.40. The third kappa shape index (κ3) is 5.41. The van der Waals surface area contributed by atoms with Crippen molar-refractivity contribution in [1.82, 2.24) is 4.31 Å². The number of alkyl halides is 6. The highest BCUT2D eigenvalue weighted by Crippen LogP contribution is 2.33. The molecule has 11 heteroatoms. The van der Waals surface area contributed by atoms with E-state index in [0.29, 0.717) is 16.9 Å². The average molecular weight is 439 g/mol. The van der Waals surface area contributed by atoms with Gasteiger partial charge in [-0.1, -0.05) is 6.07 Å².